The van der Waals surface area contributed by atoms with Crippen LogP contribution in [0, 0.1) is 45.8 Å². The van der Waals surface area contributed by atoms with Gasteiger partial charge in [0.1, 0.15) is 11.9 Å². The van der Waals surface area contributed by atoms with Crippen LogP contribution in [0.3, 0.4) is 0 Å². The molecule has 1 saturated heterocycles. The molecular formula is C27H36N2O2. The maximum Gasteiger partial charge on any atom is 0.222 e. The normalized spacial score (nSPS) is 44.1. The van der Waals surface area contributed by atoms with Crippen molar-refractivity contribution in [3.63, 3.8) is 0 Å². The van der Waals surface area contributed by atoms with Gasteiger partial charge in [0, 0.05) is 24.9 Å². The minimum atomic E-state index is 0.192. The van der Waals surface area contributed by atoms with Crippen LogP contribution >= 0.6 is 0 Å². The monoisotopic (exact) mass is 420 g/mol. The third-order valence-electron chi connectivity index (χ3n) is 10.1. The molecule has 3 aliphatic carbocycles. The zero-order chi connectivity index (χ0) is 22.0. The Balaban J connectivity index is 1.41. The fourth-order valence-electron chi connectivity index (χ4n) is 8.41. The van der Waals surface area contributed by atoms with Crippen LogP contribution in [-0.2, 0) is 4.79 Å². The summed E-state index contributed by atoms with van der Waals surface area (Å²) in [5.41, 5.74) is 1.11. The first kappa shape index (κ1) is 20.9. The van der Waals surface area contributed by atoms with Gasteiger partial charge in [-0.1, -0.05) is 26.8 Å². The van der Waals surface area contributed by atoms with E-state index < -0.39 is 0 Å². The lowest BCUT2D eigenvalue weighted by Crippen LogP contribution is -2.63. The number of piperidine rings is 1. The number of fused-ring (bicyclic) bond motifs is 5. The quantitative estimate of drug-likeness (QED) is 0.642. The summed E-state index contributed by atoms with van der Waals surface area (Å²) in [5.74, 6) is 3.93. The fourth-order valence-corrected chi connectivity index (χ4v) is 8.41. The van der Waals surface area contributed by atoms with E-state index >= 15 is 0 Å². The minimum Gasteiger partial charge on any atom is -0.490 e. The number of amides is 1. The largest absolute Gasteiger partial charge is 0.490 e. The van der Waals surface area contributed by atoms with Gasteiger partial charge < -0.3 is 9.64 Å². The van der Waals surface area contributed by atoms with Crippen molar-refractivity contribution in [3.05, 3.63) is 29.8 Å². The highest BCUT2D eigenvalue weighted by Crippen LogP contribution is 2.66. The van der Waals surface area contributed by atoms with E-state index in [4.69, 9.17) is 4.74 Å². The van der Waals surface area contributed by atoms with E-state index in [9.17, 15) is 10.1 Å². The molecule has 8 atom stereocenters. The Bertz CT molecular complexity index is 922. The van der Waals surface area contributed by atoms with Crippen molar-refractivity contribution in [1.82, 2.24) is 4.90 Å². The maximum absolute atomic E-state index is 12.4. The summed E-state index contributed by atoms with van der Waals surface area (Å²) in [6, 6.07) is 10.3. The number of hydrogen-bond acceptors (Lipinski definition) is 3. The Morgan fingerprint density at radius 3 is 2.68 bits per heavy atom. The van der Waals surface area contributed by atoms with E-state index in [2.05, 4.69) is 31.7 Å². The van der Waals surface area contributed by atoms with Crippen molar-refractivity contribution < 1.29 is 9.53 Å². The molecule has 4 fully saturated rings. The summed E-state index contributed by atoms with van der Waals surface area (Å²) in [6.07, 6.45) is 7.92. The molecule has 0 spiro atoms. The second kappa shape index (κ2) is 7.26. The number of hydrogen-bond donors (Lipinski definition) is 0. The van der Waals surface area contributed by atoms with Crippen LogP contribution in [0.2, 0.25) is 0 Å². The number of likely N-dealkylation sites (tertiary alicyclic amines) is 1. The van der Waals surface area contributed by atoms with Crippen LogP contribution in [0.15, 0.2) is 24.3 Å². The summed E-state index contributed by atoms with van der Waals surface area (Å²) < 4.78 is 6.56. The second-order valence-corrected chi connectivity index (χ2v) is 11.4. The average Bonchev–Trinajstić information content (AvgIpc) is 3.09. The standard InChI is InChI=1S/C27H36N2O2/c1-17-14-22-26(2,13-11-24(30)29(22)4)21-10-12-27(3)20(25(17)21)8-9-23(27)31-19-7-5-6-18(15-19)16-28/h5-7,15,17,20-23,25H,8-14H2,1-4H3/t17?,20-,21+,22?,23?,25-,26+,27-/m0/s1. The van der Waals surface area contributed by atoms with E-state index in [0.29, 0.717) is 41.7 Å². The van der Waals surface area contributed by atoms with Crippen molar-refractivity contribution in [3.8, 4) is 11.8 Å². The summed E-state index contributed by atoms with van der Waals surface area (Å²) >= 11 is 0. The molecule has 5 rings (SSSR count). The van der Waals surface area contributed by atoms with Gasteiger partial charge in [0.05, 0.1) is 11.6 Å². The van der Waals surface area contributed by atoms with Crippen molar-refractivity contribution in [2.24, 2.45) is 34.5 Å². The van der Waals surface area contributed by atoms with E-state index in [1.165, 1.54) is 19.3 Å². The van der Waals surface area contributed by atoms with Gasteiger partial charge >= 0.3 is 0 Å². The van der Waals surface area contributed by atoms with Crippen LogP contribution in [0.5, 0.6) is 5.75 Å². The zero-order valence-electron chi connectivity index (χ0n) is 19.4. The van der Waals surface area contributed by atoms with Crippen molar-refractivity contribution in [2.45, 2.75) is 77.9 Å². The predicted octanol–water partition coefficient (Wildman–Crippen LogP) is 5.42. The highest BCUT2D eigenvalue weighted by Gasteiger charge is 2.63. The summed E-state index contributed by atoms with van der Waals surface area (Å²) in [6.45, 7) is 7.40. The molecule has 4 heteroatoms. The average molecular weight is 421 g/mol. The molecule has 1 aromatic rings. The van der Waals surface area contributed by atoms with Crippen molar-refractivity contribution >= 4 is 5.91 Å². The SMILES string of the molecule is CC1CC2N(C)C(=O)CC[C@]2(C)[C@@H]2CC[C@]3(C)C(Oc4cccc(C#N)c4)CC[C@H]3[C@H]12. The molecule has 31 heavy (non-hydrogen) atoms. The van der Waals surface area contributed by atoms with Crippen molar-refractivity contribution in [1.29, 1.82) is 5.26 Å². The summed E-state index contributed by atoms with van der Waals surface area (Å²) in [4.78, 5) is 14.5. The molecule has 1 aliphatic heterocycles. The van der Waals surface area contributed by atoms with Gasteiger partial charge in [0.15, 0.2) is 0 Å². The Kier molecular flexibility index (Phi) is 4.88. The minimum absolute atomic E-state index is 0.192. The first-order valence-corrected chi connectivity index (χ1v) is 12.2. The summed E-state index contributed by atoms with van der Waals surface area (Å²) in [7, 11) is 2.04. The van der Waals surface area contributed by atoms with Gasteiger partial charge in [-0.05, 0) is 85.8 Å². The number of carbonyl (C=O) groups is 1. The number of rotatable bonds is 2. The van der Waals surface area contributed by atoms with Gasteiger partial charge in [-0.25, -0.2) is 0 Å². The number of ether oxygens (including phenoxy) is 1. The summed E-state index contributed by atoms with van der Waals surface area (Å²) in [5, 5.41) is 9.24. The molecule has 1 heterocycles. The van der Waals surface area contributed by atoms with Crippen LogP contribution in [-0.4, -0.2) is 30.0 Å². The topological polar surface area (TPSA) is 53.3 Å². The Morgan fingerprint density at radius 2 is 1.90 bits per heavy atom. The van der Waals surface area contributed by atoms with E-state index in [1.54, 1.807) is 0 Å². The lowest BCUT2D eigenvalue weighted by molar-refractivity contribution is -0.168. The third kappa shape index (κ3) is 3.03. The van der Waals surface area contributed by atoms with Crippen LogP contribution in [0.1, 0.15) is 71.3 Å². The molecule has 0 bridgehead atoms. The first-order valence-electron chi connectivity index (χ1n) is 12.2. The fraction of sp³-hybridized carbons (Fsp3) is 0.704. The van der Waals surface area contributed by atoms with E-state index in [0.717, 1.165) is 30.9 Å². The highest BCUT2D eigenvalue weighted by molar-refractivity contribution is 5.77. The number of nitriles is 1. The lowest BCUT2D eigenvalue weighted by Gasteiger charge is -2.63. The third-order valence-corrected chi connectivity index (χ3v) is 10.1. The van der Waals surface area contributed by atoms with E-state index in [-0.39, 0.29) is 16.9 Å². The Hall–Kier alpha value is -2.02. The van der Waals surface area contributed by atoms with Gasteiger partial charge in [-0.15, -0.1) is 0 Å². The molecule has 3 saturated carbocycles. The molecule has 0 radical (unpaired) electrons. The van der Waals surface area contributed by atoms with Gasteiger partial charge in [0.25, 0.3) is 0 Å². The Morgan fingerprint density at radius 1 is 1.13 bits per heavy atom. The molecular weight excluding hydrogens is 384 g/mol. The smallest absolute Gasteiger partial charge is 0.222 e. The molecule has 0 N–H and O–H groups in total. The van der Waals surface area contributed by atoms with E-state index in [1.807, 2.05) is 31.3 Å². The van der Waals surface area contributed by atoms with Crippen molar-refractivity contribution in [2.75, 3.05) is 7.05 Å². The molecule has 166 valence electrons. The number of nitrogens with zero attached hydrogens (tertiary/aromatic N) is 2. The number of benzene rings is 1. The first-order chi connectivity index (χ1) is 14.8. The Labute approximate surface area is 186 Å². The molecule has 0 aromatic heterocycles. The van der Waals surface area contributed by atoms with Gasteiger partial charge in [-0.3, -0.25) is 4.79 Å². The molecule has 3 unspecified atom stereocenters. The molecule has 4 nitrogen and oxygen atoms in total. The lowest BCUT2D eigenvalue weighted by atomic mass is 9.45. The molecule has 1 amide bonds. The zero-order valence-corrected chi connectivity index (χ0v) is 19.4. The number of carbonyl (C=O) groups excluding carboxylic acids is 1. The highest BCUT2D eigenvalue weighted by atomic mass is 16.5. The van der Waals surface area contributed by atoms with Crippen LogP contribution in [0.4, 0.5) is 0 Å². The van der Waals surface area contributed by atoms with Gasteiger partial charge in [0.2, 0.25) is 5.91 Å². The van der Waals surface area contributed by atoms with Crippen LogP contribution < -0.4 is 4.74 Å². The van der Waals surface area contributed by atoms with Gasteiger partial charge in [-0.2, -0.15) is 5.26 Å². The molecule has 1 aromatic carbocycles. The molecule has 4 aliphatic rings. The maximum atomic E-state index is 12.4. The second-order valence-electron chi connectivity index (χ2n) is 11.4. The predicted molar refractivity (Wildman–Crippen MR) is 120 cm³/mol. The van der Waals surface area contributed by atoms with Crippen LogP contribution in [0.25, 0.3) is 0 Å².